The molecule has 0 aliphatic carbocycles. The first kappa shape index (κ1) is 17.1. The van der Waals surface area contributed by atoms with Gasteiger partial charge in [0.25, 0.3) is 0 Å². The minimum absolute atomic E-state index is 0.0750. The van der Waals surface area contributed by atoms with Crippen molar-refractivity contribution in [2.24, 2.45) is 11.8 Å². The Labute approximate surface area is 161 Å². The Balaban J connectivity index is 1.38. The van der Waals surface area contributed by atoms with Crippen molar-refractivity contribution >= 4 is 17.5 Å². The zero-order valence-corrected chi connectivity index (χ0v) is 15.3. The molecule has 4 atom stereocenters. The molecule has 1 spiro atoms. The summed E-state index contributed by atoms with van der Waals surface area (Å²) in [5.41, 5.74) is -0.104. The van der Waals surface area contributed by atoms with Crippen LogP contribution in [0.4, 0.5) is 5.69 Å². The number of nitrogens with zero attached hydrogens (tertiary/aromatic N) is 1. The van der Waals surface area contributed by atoms with Gasteiger partial charge in [-0.25, -0.2) is 0 Å². The molecular weight excluding hydrogens is 360 g/mol. The Morgan fingerprint density at radius 2 is 2.25 bits per heavy atom. The van der Waals surface area contributed by atoms with Crippen LogP contribution < -0.4 is 10.1 Å². The first-order valence-corrected chi connectivity index (χ1v) is 9.23. The number of methoxy groups -OCH3 is 1. The van der Waals surface area contributed by atoms with Gasteiger partial charge in [-0.3, -0.25) is 9.59 Å². The van der Waals surface area contributed by atoms with E-state index >= 15 is 0 Å². The van der Waals surface area contributed by atoms with Crippen LogP contribution in [-0.2, 0) is 20.9 Å². The molecule has 2 amide bonds. The molecule has 7 nitrogen and oxygen atoms in total. The molecule has 1 aromatic heterocycles. The topological polar surface area (TPSA) is 81.0 Å². The number of rotatable bonds is 5. The number of amides is 2. The molecule has 0 saturated carbocycles. The normalized spacial score (nSPS) is 30.0. The molecule has 3 aliphatic heterocycles. The first-order chi connectivity index (χ1) is 13.6. The molecule has 4 heterocycles. The lowest BCUT2D eigenvalue weighted by atomic mass is 9.77. The summed E-state index contributed by atoms with van der Waals surface area (Å²) in [4.78, 5) is 27.9. The van der Waals surface area contributed by atoms with Crippen molar-refractivity contribution in [1.82, 2.24) is 4.90 Å². The monoisotopic (exact) mass is 380 g/mol. The summed E-state index contributed by atoms with van der Waals surface area (Å²) in [6, 6.07) is 10.8. The van der Waals surface area contributed by atoms with Crippen LogP contribution in [0.15, 0.2) is 59.2 Å². The highest BCUT2D eigenvalue weighted by molar-refractivity contribution is 5.99. The highest BCUT2D eigenvalue weighted by atomic mass is 16.5. The molecule has 2 aromatic rings. The standard InChI is InChI=1S/C21H20N2O5/c1-26-14-5-2-4-13(10-14)22-19(24)17-16-7-8-21(28-16)12-23(20(25)18(17)21)11-15-6-3-9-27-15/h2-10,16-18H,11-12H2,1H3,(H,22,24)/t16-,17?,18?,21?/m1/s1. The molecule has 1 aromatic carbocycles. The molecule has 2 fully saturated rings. The molecule has 3 aliphatic rings. The van der Waals surface area contributed by atoms with Crippen LogP contribution in [0, 0.1) is 11.8 Å². The second-order valence-corrected chi connectivity index (χ2v) is 7.39. The van der Waals surface area contributed by atoms with Crippen LogP contribution in [0.5, 0.6) is 5.75 Å². The molecule has 1 N–H and O–H groups in total. The zero-order valence-electron chi connectivity index (χ0n) is 15.3. The third-order valence-electron chi connectivity index (χ3n) is 5.75. The van der Waals surface area contributed by atoms with Gasteiger partial charge in [-0.2, -0.15) is 0 Å². The van der Waals surface area contributed by atoms with Crippen LogP contribution >= 0.6 is 0 Å². The van der Waals surface area contributed by atoms with Gasteiger partial charge < -0.3 is 24.1 Å². The summed E-state index contributed by atoms with van der Waals surface area (Å²) in [7, 11) is 1.57. The lowest BCUT2D eigenvalue weighted by Crippen LogP contribution is -2.41. The van der Waals surface area contributed by atoms with Gasteiger partial charge in [0.05, 0.1) is 44.4 Å². The van der Waals surface area contributed by atoms with Gasteiger partial charge >= 0.3 is 0 Å². The van der Waals surface area contributed by atoms with Crippen molar-refractivity contribution in [2.45, 2.75) is 18.2 Å². The molecule has 3 unspecified atom stereocenters. The summed E-state index contributed by atoms with van der Waals surface area (Å²) < 4.78 is 16.7. The van der Waals surface area contributed by atoms with Gasteiger partial charge in [0.1, 0.15) is 17.1 Å². The van der Waals surface area contributed by atoms with E-state index in [2.05, 4.69) is 5.32 Å². The Morgan fingerprint density at radius 1 is 1.36 bits per heavy atom. The van der Waals surface area contributed by atoms with Crippen molar-refractivity contribution < 1.29 is 23.5 Å². The Hall–Kier alpha value is -3.06. The molecule has 0 radical (unpaired) electrons. The highest BCUT2D eigenvalue weighted by Crippen LogP contribution is 2.52. The Bertz CT molecular complexity index is 953. The zero-order chi connectivity index (χ0) is 19.3. The second kappa shape index (κ2) is 6.24. The Kier molecular flexibility index (Phi) is 3.80. The van der Waals surface area contributed by atoms with E-state index in [0.29, 0.717) is 30.3 Å². The number of hydrogen-bond acceptors (Lipinski definition) is 5. The lowest BCUT2D eigenvalue weighted by molar-refractivity contribution is -0.136. The maximum atomic E-state index is 13.1. The smallest absolute Gasteiger partial charge is 0.231 e. The third-order valence-corrected chi connectivity index (χ3v) is 5.75. The van der Waals surface area contributed by atoms with Crippen LogP contribution in [0.2, 0.25) is 0 Å². The lowest BCUT2D eigenvalue weighted by Gasteiger charge is -2.23. The molecule has 28 heavy (non-hydrogen) atoms. The number of likely N-dealkylation sites (tertiary alicyclic amines) is 1. The second-order valence-electron chi connectivity index (χ2n) is 7.39. The maximum Gasteiger partial charge on any atom is 0.231 e. The van der Waals surface area contributed by atoms with Gasteiger partial charge in [0.15, 0.2) is 0 Å². The van der Waals surface area contributed by atoms with E-state index < -0.39 is 17.4 Å². The number of furan rings is 1. The van der Waals surface area contributed by atoms with E-state index in [1.807, 2.05) is 18.2 Å². The summed E-state index contributed by atoms with van der Waals surface area (Å²) in [6.07, 6.45) is 5.04. The third kappa shape index (κ3) is 2.54. The van der Waals surface area contributed by atoms with Gasteiger partial charge in [0, 0.05) is 11.8 Å². The van der Waals surface area contributed by atoms with Gasteiger partial charge in [-0.15, -0.1) is 0 Å². The number of carbonyl (C=O) groups excluding carboxylic acids is 2. The van der Waals surface area contributed by atoms with E-state index in [1.165, 1.54) is 0 Å². The SMILES string of the molecule is COc1cccc(NC(=O)C2C3C(=O)N(Cc4ccco4)CC34C=C[C@H]2O4)c1. The number of carbonyl (C=O) groups is 2. The van der Waals surface area contributed by atoms with Crippen LogP contribution in [0.3, 0.4) is 0 Å². The number of fused-ring (bicyclic) bond motifs is 1. The van der Waals surface area contributed by atoms with E-state index in [0.717, 1.165) is 0 Å². The van der Waals surface area contributed by atoms with E-state index in [1.54, 1.807) is 48.6 Å². The van der Waals surface area contributed by atoms with Crippen molar-refractivity contribution in [3.63, 3.8) is 0 Å². The van der Waals surface area contributed by atoms with Crippen LogP contribution in [0.1, 0.15) is 5.76 Å². The van der Waals surface area contributed by atoms with Crippen LogP contribution in [-0.4, -0.2) is 42.1 Å². The van der Waals surface area contributed by atoms with Crippen molar-refractivity contribution in [3.05, 3.63) is 60.6 Å². The first-order valence-electron chi connectivity index (χ1n) is 9.23. The maximum absolute atomic E-state index is 13.1. The summed E-state index contributed by atoms with van der Waals surface area (Å²) >= 11 is 0. The van der Waals surface area contributed by atoms with Gasteiger partial charge in [-0.1, -0.05) is 18.2 Å². The summed E-state index contributed by atoms with van der Waals surface area (Å²) in [5, 5.41) is 2.91. The molecule has 2 bridgehead atoms. The van der Waals surface area contributed by atoms with Gasteiger partial charge in [-0.05, 0) is 24.3 Å². The number of nitrogens with one attached hydrogen (secondary N) is 1. The van der Waals surface area contributed by atoms with Crippen LogP contribution in [0.25, 0.3) is 0 Å². The minimum atomic E-state index is -0.731. The summed E-state index contributed by atoms with van der Waals surface area (Å²) in [6.45, 7) is 0.795. The molecule has 144 valence electrons. The Morgan fingerprint density at radius 3 is 3.04 bits per heavy atom. The molecule has 7 heteroatoms. The summed E-state index contributed by atoms with van der Waals surface area (Å²) in [5.74, 6) is -0.0225. The van der Waals surface area contributed by atoms with Gasteiger partial charge in [0.2, 0.25) is 11.8 Å². The van der Waals surface area contributed by atoms with E-state index in [4.69, 9.17) is 13.9 Å². The fourth-order valence-electron chi connectivity index (χ4n) is 4.53. The van der Waals surface area contributed by atoms with Crippen molar-refractivity contribution in [2.75, 3.05) is 19.0 Å². The van der Waals surface area contributed by atoms with E-state index in [9.17, 15) is 9.59 Å². The predicted octanol–water partition coefficient (Wildman–Crippen LogP) is 2.21. The molecule has 2 saturated heterocycles. The average Bonchev–Trinajstić information content (AvgIpc) is 3.45. The number of ether oxygens (including phenoxy) is 2. The molecular formula is C21H20N2O5. The minimum Gasteiger partial charge on any atom is -0.497 e. The fourth-order valence-corrected chi connectivity index (χ4v) is 4.53. The highest BCUT2D eigenvalue weighted by Gasteiger charge is 2.66. The predicted molar refractivity (Wildman–Crippen MR) is 99.5 cm³/mol. The van der Waals surface area contributed by atoms with Crippen molar-refractivity contribution in [3.8, 4) is 5.75 Å². The quantitative estimate of drug-likeness (QED) is 0.805. The largest absolute Gasteiger partial charge is 0.497 e. The fraction of sp³-hybridized carbons (Fsp3) is 0.333. The molecule has 5 rings (SSSR count). The number of anilines is 1. The number of hydrogen-bond donors (Lipinski definition) is 1. The number of benzene rings is 1. The van der Waals surface area contributed by atoms with Crippen molar-refractivity contribution in [1.29, 1.82) is 0 Å². The van der Waals surface area contributed by atoms with E-state index in [-0.39, 0.29) is 17.9 Å². The average molecular weight is 380 g/mol.